The standard InChI is InChI=1S/C10H13BrO4/c11-10-3-1-5(2-4-10)6(8(12)13)7(10)9(14)15/h5-7H,1-4H2,(H,12,13)(H,14,15). The minimum absolute atomic E-state index is 0.0445. The van der Waals surface area contributed by atoms with E-state index in [9.17, 15) is 9.59 Å². The van der Waals surface area contributed by atoms with E-state index in [2.05, 4.69) is 15.9 Å². The van der Waals surface area contributed by atoms with Crippen molar-refractivity contribution >= 4 is 27.9 Å². The maximum Gasteiger partial charge on any atom is 0.308 e. The Morgan fingerprint density at radius 2 is 1.67 bits per heavy atom. The molecule has 3 aliphatic carbocycles. The number of aliphatic carboxylic acids is 2. The minimum Gasteiger partial charge on any atom is -0.481 e. The van der Waals surface area contributed by atoms with Gasteiger partial charge >= 0.3 is 11.9 Å². The van der Waals surface area contributed by atoms with Crippen LogP contribution in [0.3, 0.4) is 0 Å². The molecule has 2 atom stereocenters. The van der Waals surface area contributed by atoms with E-state index in [1.54, 1.807) is 0 Å². The lowest BCUT2D eigenvalue weighted by Gasteiger charge is -2.50. The van der Waals surface area contributed by atoms with Gasteiger partial charge in [-0.3, -0.25) is 9.59 Å². The van der Waals surface area contributed by atoms with Crippen LogP contribution >= 0.6 is 15.9 Å². The second-order valence-corrected chi connectivity index (χ2v) is 6.13. The number of carboxylic acid groups (broad SMARTS) is 2. The van der Waals surface area contributed by atoms with Crippen LogP contribution in [0.5, 0.6) is 0 Å². The van der Waals surface area contributed by atoms with E-state index >= 15 is 0 Å². The second kappa shape index (κ2) is 3.47. The summed E-state index contributed by atoms with van der Waals surface area (Å²) in [5, 5.41) is 18.3. The monoisotopic (exact) mass is 276 g/mol. The molecule has 2 N–H and O–H groups in total. The van der Waals surface area contributed by atoms with Crippen LogP contribution in [-0.4, -0.2) is 26.5 Å². The normalized spacial score (nSPS) is 43.9. The number of hydrogen-bond acceptors (Lipinski definition) is 2. The van der Waals surface area contributed by atoms with Crippen molar-refractivity contribution in [2.45, 2.75) is 30.0 Å². The molecule has 0 aromatic rings. The van der Waals surface area contributed by atoms with Gasteiger partial charge in [0.05, 0.1) is 11.8 Å². The molecule has 0 saturated heterocycles. The lowest BCUT2D eigenvalue weighted by molar-refractivity contribution is -0.163. The van der Waals surface area contributed by atoms with Crippen molar-refractivity contribution in [1.29, 1.82) is 0 Å². The Kier molecular flexibility index (Phi) is 2.53. The SMILES string of the molecule is O=C(O)C1C2CCC(Br)(CC2)C1C(=O)O. The average molecular weight is 277 g/mol. The molecule has 0 heterocycles. The lowest BCUT2D eigenvalue weighted by Crippen LogP contribution is -2.55. The van der Waals surface area contributed by atoms with Crippen molar-refractivity contribution < 1.29 is 19.8 Å². The van der Waals surface area contributed by atoms with Crippen molar-refractivity contribution in [2.75, 3.05) is 0 Å². The summed E-state index contributed by atoms with van der Waals surface area (Å²) >= 11 is 3.46. The van der Waals surface area contributed by atoms with Crippen LogP contribution in [0.15, 0.2) is 0 Å². The van der Waals surface area contributed by atoms with Gasteiger partial charge in [-0.05, 0) is 31.6 Å². The highest BCUT2D eigenvalue weighted by molar-refractivity contribution is 9.10. The molecule has 3 fully saturated rings. The number of halogens is 1. The van der Waals surface area contributed by atoms with Crippen molar-refractivity contribution in [3.8, 4) is 0 Å². The Bertz CT molecular complexity index is 307. The highest BCUT2D eigenvalue weighted by Crippen LogP contribution is 2.55. The first-order valence-electron chi connectivity index (χ1n) is 5.10. The van der Waals surface area contributed by atoms with Crippen LogP contribution in [0.4, 0.5) is 0 Å². The topological polar surface area (TPSA) is 74.6 Å². The first-order chi connectivity index (χ1) is 6.96. The fourth-order valence-electron chi connectivity index (χ4n) is 3.10. The molecule has 0 aliphatic heterocycles. The first-order valence-corrected chi connectivity index (χ1v) is 5.89. The van der Waals surface area contributed by atoms with Crippen LogP contribution in [0, 0.1) is 17.8 Å². The third-order valence-electron chi connectivity index (χ3n) is 3.84. The zero-order valence-electron chi connectivity index (χ0n) is 8.15. The molecule has 0 spiro atoms. The summed E-state index contributed by atoms with van der Waals surface area (Å²) in [6.45, 7) is 0. The Hall–Kier alpha value is -0.580. The molecule has 3 saturated carbocycles. The smallest absolute Gasteiger partial charge is 0.308 e. The van der Waals surface area contributed by atoms with Gasteiger partial charge < -0.3 is 10.2 Å². The van der Waals surface area contributed by atoms with Gasteiger partial charge in [-0.1, -0.05) is 15.9 Å². The third kappa shape index (κ3) is 1.57. The first kappa shape index (κ1) is 10.9. The van der Waals surface area contributed by atoms with Gasteiger partial charge in [0.25, 0.3) is 0 Å². The summed E-state index contributed by atoms with van der Waals surface area (Å²) in [6.07, 6.45) is 3.20. The number of rotatable bonds is 2. The predicted molar refractivity (Wildman–Crippen MR) is 55.9 cm³/mol. The molecule has 5 heteroatoms. The second-order valence-electron chi connectivity index (χ2n) is 4.55. The fraction of sp³-hybridized carbons (Fsp3) is 0.800. The number of hydrogen-bond donors (Lipinski definition) is 2. The van der Waals surface area contributed by atoms with E-state index in [-0.39, 0.29) is 5.92 Å². The summed E-state index contributed by atoms with van der Waals surface area (Å²) in [5.41, 5.74) is 0. The van der Waals surface area contributed by atoms with Gasteiger partial charge in [-0.2, -0.15) is 0 Å². The van der Waals surface area contributed by atoms with Gasteiger partial charge in [0, 0.05) is 4.32 Å². The molecule has 3 aliphatic rings. The van der Waals surface area contributed by atoms with Crippen LogP contribution in [0.25, 0.3) is 0 Å². The van der Waals surface area contributed by atoms with Crippen molar-refractivity contribution in [3.05, 3.63) is 0 Å². The Morgan fingerprint density at radius 1 is 1.13 bits per heavy atom. The molecular weight excluding hydrogens is 264 g/mol. The van der Waals surface area contributed by atoms with Crippen molar-refractivity contribution in [2.24, 2.45) is 17.8 Å². The Balaban J connectivity index is 2.37. The zero-order chi connectivity index (χ0) is 11.2. The van der Waals surface area contributed by atoms with Crippen LogP contribution in [-0.2, 0) is 9.59 Å². The quantitative estimate of drug-likeness (QED) is 0.754. The lowest BCUT2D eigenvalue weighted by atomic mass is 9.58. The molecular formula is C10H13BrO4. The average Bonchev–Trinajstić information content (AvgIpc) is 2.16. The van der Waals surface area contributed by atoms with Crippen LogP contribution in [0.1, 0.15) is 25.7 Å². The van der Waals surface area contributed by atoms with Crippen molar-refractivity contribution in [1.82, 2.24) is 0 Å². The molecule has 0 amide bonds. The van der Waals surface area contributed by atoms with Crippen LogP contribution < -0.4 is 0 Å². The summed E-state index contributed by atoms with van der Waals surface area (Å²) in [4.78, 5) is 22.3. The van der Waals surface area contributed by atoms with Gasteiger partial charge in [0.2, 0.25) is 0 Å². The molecule has 84 valence electrons. The molecule has 0 aromatic heterocycles. The predicted octanol–water partition coefficient (Wildman–Crippen LogP) is 1.73. The van der Waals surface area contributed by atoms with E-state index in [1.165, 1.54) is 0 Å². The zero-order valence-corrected chi connectivity index (χ0v) is 9.74. The van der Waals surface area contributed by atoms with E-state index in [0.717, 1.165) is 25.7 Å². The minimum atomic E-state index is -0.983. The Labute approximate surface area is 95.8 Å². The highest BCUT2D eigenvalue weighted by Gasteiger charge is 2.57. The summed E-state index contributed by atoms with van der Waals surface area (Å²) < 4.78 is -0.489. The fourth-order valence-corrected chi connectivity index (χ4v) is 4.04. The van der Waals surface area contributed by atoms with Gasteiger partial charge in [-0.15, -0.1) is 0 Å². The van der Waals surface area contributed by atoms with E-state index in [4.69, 9.17) is 10.2 Å². The van der Waals surface area contributed by atoms with Crippen LogP contribution in [0.2, 0.25) is 0 Å². The molecule has 15 heavy (non-hydrogen) atoms. The van der Waals surface area contributed by atoms with Gasteiger partial charge in [0.15, 0.2) is 0 Å². The van der Waals surface area contributed by atoms with E-state index < -0.39 is 28.1 Å². The van der Waals surface area contributed by atoms with Crippen molar-refractivity contribution in [3.63, 3.8) is 0 Å². The molecule has 4 nitrogen and oxygen atoms in total. The summed E-state index contributed by atoms with van der Waals surface area (Å²) in [6, 6.07) is 0. The molecule has 2 unspecified atom stereocenters. The number of alkyl halides is 1. The van der Waals surface area contributed by atoms with E-state index in [0.29, 0.717) is 0 Å². The maximum absolute atomic E-state index is 11.2. The molecule has 0 radical (unpaired) electrons. The summed E-state index contributed by atoms with van der Waals surface area (Å²) in [5.74, 6) is -3.39. The number of carboxylic acids is 2. The van der Waals surface area contributed by atoms with E-state index in [1.807, 2.05) is 0 Å². The molecule has 0 aromatic carbocycles. The number of carbonyl (C=O) groups is 2. The van der Waals surface area contributed by atoms with Gasteiger partial charge in [-0.25, -0.2) is 0 Å². The largest absolute Gasteiger partial charge is 0.481 e. The Morgan fingerprint density at radius 3 is 2.00 bits per heavy atom. The summed E-state index contributed by atoms with van der Waals surface area (Å²) in [7, 11) is 0. The van der Waals surface area contributed by atoms with Gasteiger partial charge in [0.1, 0.15) is 0 Å². The molecule has 2 bridgehead atoms. The molecule has 3 rings (SSSR count). The highest BCUT2D eigenvalue weighted by atomic mass is 79.9. The maximum atomic E-state index is 11.2. The number of fused-ring (bicyclic) bond motifs is 3. The third-order valence-corrected chi connectivity index (χ3v) is 5.12.